The third kappa shape index (κ3) is 3.61. The van der Waals surface area contributed by atoms with E-state index in [0.29, 0.717) is 12.0 Å². The Morgan fingerprint density at radius 2 is 2.08 bits per heavy atom. The molecule has 2 aromatic heterocycles. The third-order valence-corrected chi connectivity index (χ3v) is 5.39. The van der Waals surface area contributed by atoms with Crippen molar-refractivity contribution >= 4 is 10.9 Å². The Morgan fingerprint density at radius 3 is 2.88 bits per heavy atom. The second-order valence-corrected chi connectivity index (χ2v) is 7.01. The van der Waals surface area contributed by atoms with Crippen molar-refractivity contribution in [3.05, 3.63) is 47.7 Å². The van der Waals surface area contributed by atoms with Crippen LogP contribution in [0.5, 0.6) is 0 Å². The van der Waals surface area contributed by atoms with Crippen LogP contribution in [0, 0.1) is 0 Å². The predicted octanol–water partition coefficient (Wildman–Crippen LogP) is 3.97. The zero-order valence-corrected chi connectivity index (χ0v) is 14.8. The maximum absolute atomic E-state index is 5.42. The number of nitrogens with zero attached hydrogens (tertiary/aromatic N) is 2. The summed E-state index contributed by atoms with van der Waals surface area (Å²) in [4.78, 5) is 7.79. The topological polar surface area (TPSA) is 66.7 Å². The molecular formula is C20H26N4O. The minimum absolute atomic E-state index is 0.444. The van der Waals surface area contributed by atoms with Crippen LogP contribution < -0.4 is 5.32 Å². The van der Waals surface area contributed by atoms with E-state index in [1.165, 1.54) is 29.3 Å². The van der Waals surface area contributed by atoms with E-state index in [2.05, 4.69) is 51.6 Å². The number of hydrogen-bond acceptors (Lipinski definition) is 4. The fourth-order valence-corrected chi connectivity index (χ4v) is 3.90. The average Bonchev–Trinajstić information content (AvgIpc) is 3.32. The fraction of sp³-hybridized carbons (Fsp3) is 0.500. The largest absolute Gasteiger partial charge is 0.361 e. The lowest BCUT2D eigenvalue weighted by Gasteiger charge is -2.27. The maximum Gasteiger partial charge on any atom is 0.229 e. The molecule has 0 radical (unpaired) electrons. The highest BCUT2D eigenvalue weighted by atomic mass is 16.5. The molecule has 1 saturated carbocycles. The first-order chi connectivity index (χ1) is 12.3. The Labute approximate surface area is 148 Å². The van der Waals surface area contributed by atoms with E-state index < -0.39 is 0 Å². The normalized spacial score (nSPS) is 21.0. The van der Waals surface area contributed by atoms with Crippen molar-refractivity contribution < 1.29 is 4.52 Å². The summed E-state index contributed by atoms with van der Waals surface area (Å²) in [5.41, 5.74) is 2.64. The van der Waals surface area contributed by atoms with E-state index in [9.17, 15) is 0 Å². The molecule has 1 aliphatic rings. The summed E-state index contributed by atoms with van der Waals surface area (Å²) >= 11 is 0. The fourth-order valence-electron chi connectivity index (χ4n) is 3.90. The Bertz CT molecular complexity index is 814. The number of nitrogens with one attached hydrogen (secondary N) is 2. The van der Waals surface area contributed by atoms with Crippen LogP contribution in [0.2, 0.25) is 0 Å². The van der Waals surface area contributed by atoms with Crippen molar-refractivity contribution in [3.63, 3.8) is 0 Å². The van der Waals surface area contributed by atoms with Crippen molar-refractivity contribution in [1.82, 2.24) is 20.4 Å². The van der Waals surface area contributed by atoms with Crippen molar-refractivity contribution in [1.29, 1.82) is 0 Å². The van der Waals surface area contributed by atoms with Crippen molar-refractivity contribution in [2.75, 3.05) is 6.54 Å². The zero-order chi connectivity index (χ0) is 17.1. The van der Waals surface area contributed by atoms with E-state index >= 15 is 0 Å². The van der Waals surface area contributed by atoms with Crippen LogP contribution >= 0.6 is 0 Å². The predicted molar refractivity (Wildman–Crippen MR) is 98.7 cm³/mol. The number of fused-ring (bicyclic) bond motifs is 1. The maximum atomic E-state index is 5.42. The van der Waals surface area contributed by atoms with Crippen LogP contribution in [0.4, 0.5) is 0 Å². The summed E-state index contributed by atoms with van der Waals surface area (Å²) in [6.07, 6.45) is 8.57. The lowest BCUT2D eigenvalue weighted by atomic mass is 9.86. The van der Waals surface area contributed by atoms with E-state index in [0.717, 1.165) is 43.9 Å². The summed E-state index contributed by atoms with van der Waals surface area (Å²) in [6, 6.07) is 9.28. The Hall–Kier alpha value is -2.14. The molecule has 1 aromatic carbocycles. The van der Waals surface area contributed by atoms with Crippen LogP contribution in [0.3, 0.4) is 0 Å². The van der Waals surface area contributed by atoms with E-state index in [1.54, 1.807) is 0 Å². The van der Waals surface area contributed by atoms with Gasteiger partial charge in [-0.2, -0.15) is 4.98 Å². The quantitative estimate of drug-likeness (QED) is 0.713. The molecule has 0 atom stereocenters. The number of aromatic nitrogens is 3. The summed E-state index contributed by atoms with van der Waals surface area (Å²) in [5.74, 6) is 2.11. The van der Waals surface area contributed by atoms with Gasteiger partial charge >= 0.3 is 0 Å². The van der Waals surface area contributed by atoms with Gasteiger partial charge in [-0.25, -0.2) is 0 Å². The third-order valence-electron chi connectivity index (χ3n) is 5.39. The number of hydrogen-bond donors (Lipinski definition) is 2. The monoisotopic (exact) mass is 338 g/mol. The number of aromatic amines is 1. The van der Waals surface area contributed by atoms with E-state index in [1.807, 2.05) is 6.20 Å². The molecule has 4 rings (SSSR count). The Balaban J connectivity index is 1.26. The molecule has 0 saturated heterocycles. The molecule has 25 heavy (non-hydrogen) atoms. The molecule has 2 N–H and O–H groups in total. The first-order valence-corrected chi connectivity index (χ1v) is 9.44. The Morgan fingerprint density at radius 1 is 1.20 bits per heavy atom. The van der Waals surface area contributed by atoms with Crippen molar-refractivity contribution in [2.45, 2.75) is 57.4 Å². The number of aryl methyl sites for hydroxylation is 1. The molecule has 2 heterocycles. The van der Waals surface area contributed by atoms with Gasteiger partial charge in [0.15, 0.2) is 5.82 Å². The van der Waals surface area contributed by atoms with Gasteiger partial charge < -0.3 is 14.8 Å². The zero-order valence-electron chi connectivity index (χ0n) is 14.8. The highest BCUT2D eigenvalue weighted by molar-refractivity contribution is 5.82. The van der Waals surface area contributed by atoms with Crippen LogP contribution in [-0.2, 0) is 12.8 Å². The number of H-pyrrole nitrogens is 1. The molecule has 0 aliphatic heterocycles. The molecule has 0 bridgehead atoms. The second-order valence-electron chi connectivity index (χ2n) is 7.01. The summed E-state index contributed by atoms with van der Waals surface area (Å²) in [6.45, 7) is 3.09. The molecule has 5 heteroatoms. The summed E-state index contributed by atoms with van der Waals surface area (Å²) in [7, 11) is 0. The average molecular weight is 338 g/mol. The SMILES string of the molecule is CCc1noc(C2CCC(NCCc3cccc4[nH]ccc34)CC2)n1. The molecule has 5 nitrogen and oxygen atoms in total. The van der Waals surface area contributed by atoms with Crippen molar-refractivity contribution in [3.8, 4) is 0 Å². The Kier molecular flexibility index (Phi) is 4.83. The first kappa shape index (κ1) is 16.3. The van der Waals surface area contributed by atoms with Gasteiger partial charge in [0, 0.05) is 35.5 Å². The number of benzene rings is 1. The van der Waals surface area contributed by atoms with Gasteiger partial charge in [-0.15, -0.1) is 0 Å². The van der Waals surface area contributed by atoms with Gasteiger partial charge in [0.1, 0.15) is 0 Å². The molecule has 0 amide bonds. The standard InChI is InChI=1S/C20H26N4O/c1-2-19-23-20(25-24-19)15-6-8-16(9-7-15)21-12-10-14-4-3-5-18-17(14)11-13-22-18/h3-5,11,13,15-16,21-22H,2,6-10,12H2,1H3. The van der Waals surface area contributed by atoms with E-state index in [4.69, 9.17) is 4.52 Å². The van der Waals surface area contributed by atoms with Crippen LogP contribution in [-0.4, -0.2) is 27.7 Å². The van der Waals surface area contributed by atoms with Crippen LogP contribution in [0.15, 0.2) is 35.0 Å². The van der Waals surface area contributed by atoms with Gasteiger partial charge in [0.2, 0.25) is 5.89 Å². The van der Waals surface area contributed by atoms with Gasteiger partial charge in [-0.3, -0.25) is 0 Å². The second kappa shape index (κ2) is 7.40. The lowest BCUT2D eigenvalue weighted by molar-refractivity contribution is 0.282. The molecule has 1 fully saturated rings. The van der Waals surface area contributed by atoms with Crippen LogP contribution in [0.25, 0.3) is 10.9 Å². The molecule has 132 valence electrons. The minimum atomic E-state index is 0.444. The summed E-state index contributed by atoms with van der Waals surface area (Å²) in [5, 5.41) is 9.11. The lowest BCUT2D eigenvalue weighted by Crippen LogP contribution is -2.34. The van der Waals surface area contributed by atoms with Gasteiger partial charge in [-0.1, -0.05) is 24.2 Å². The minimum Gasteiger partial charge on any atom is -0.361 e. The van der Waals surface area contributed by atoms with Crippen molar-refractivity contribution in [2.24, 2.45) is 0 Å². The highest BCUT2D eigenvalue weighted by Gasteiger charge is 2.26. The molecule has 1 aliphatic carbocycles. The highest BCUT2D eigenvalue weighted by Crippen LogP contribution is 2.32. The first-order valence-electron chi connectivity index (χ1n) is 9.44. The molecule has 0 unspecified atom stereocenters. The molecular weight excluding hydrogens is 312 g/mol. The van der Waals surface area contributed by atoms with Crippen LogP contribution in [0.1, 0.15) is 55.8 Å². The van der Waals surface area contributed by atoms with Gasteiger partial charge in [0.05, 0.1) is 0 Å². The van der Waals surface area contributed by atoms with Gasteiger partial charge in [-0.05, 0) is 56.3 Å². The number of rotatable bonds is 6. The summed E-state index contributed by atoms with van der Waals surface area (Å²) < 4.78 is 5.42. The van der Waals surface area contributed by atoms with E-state index in [-0.39, 0.29) is 0 Å². The molecule has 0 spiro atoms. The smallest absolute Gasteiger partial charge is 0.229 e. The van der Waals surface area contributed by atoms with Gasteiger partial charge in [0.25, 0.3) is 0 Å². The molecule has 3 aromatic rings.